The van der Waals surface area contributed by atoms with Gasteiger partial charge in [0.15, 0.2) is 0 Å². The maximum absolute atomic E-state index is 2.45. The van der Waals surface area contributed by atoms with Crippen molar-refractivity contribution in [3.05, 3.63) is 0 Å². The van der Waals surface area contributed by atoms with Gasteiger partial charge in [0.25, 0.3) is 0 Å². The Balaban J connectivity index is 2.98. The fraction of sp³-hybridized carbons (Fsp3) is 1.00. The monoisotopic (exact) mass is 310 g/mol. The first-order valence-corrected chi connectivity index (χ1v) is 10.1. The molecule has 1 saturated heterocycles. The fourth-order valence-corrected chi connectivity index (χ4v) is 13.6. The Morgan fingerprint density at radius 2 is 1.17 bits per heavy atom. The molecule has 0 aromatic heterocycles. The number of hydrogen-bond donors (Lipinski definition) is 0. The molecule has 0 atom stereocenters. The van der Waals surface area contributed by atoms with Gasteiger partial charge >= 0.3 is 0 Å². The largest absolute Gasteiger partial charge is 0.249 e. The van der Waals surface area contributed by atoms with E-state index in [4.69, 9.17) is 0 Å². The molecule has 18 heavy (non-hydrogen) atoms. The van der Waals surface area contributed by atoms with Crippen LogP contribution < -0.4 is 0 Å². The predicted molar refractivity (Wildman–Crippen MR) is 90.5 cm³/mol. The lowest BCUT2D eigenvalue weighted by Gasteiger charge is -2.46. The summed E-state index contributed by atoms with van der Waals surface area (Å²) in [6.45, 7) is 4.76. The number of rotatable bonds is 4. The molecule has 1 fully saturated rings. The van der Waals surface area contributed by atoms with Crippen molar-refractivity contribution in [2.45, 2.75) is 18.2 Å². The van der Waals surface area contributed by atoms with Gasteiger partial charge in [0.05, 0.1) is 0 Å². The number of hydrogen-bond acceptors (Lipinski definition) is 5. The van der Waals surface area contributed by atoms with Crippen molar-refractivity contribution < 1.29 is 0 Å². The van der Waals surface area contributed by atoms with E-state index in [2.05, 4.69) is 93.7 Å². The highest BCUT2D eigenvalue weighted by Crippen LogP contribution is 2.74. The lowest BCUT2D eigenvalue weighted by Crippen LogP contribution is -2.42. The Morgan fingerprint density at radius 1 is 0.833 bits per heavy atom. The average Bonchev–Trinajstić information content (AvgIpc) is 2.19. The summed E-state index contributed by atoms with van der Waals surface area (Å²) in [7, 11) is 12.0. The van der Waals surface area contributed by atoms with Crippen molar-refractivity contribution >= 4 is 31.2 Å². The van der Waals surface area contributed by atoms with Crippen LogP contribution in [-0.4, -0.2) is 72.1 Å². The molecule has 0 N–H and O–H groups in total. The van der Waals surface area contributed by atoms with Crippen molar-refractivity contribution in [3.63, 3.8) is 0 Å². The lowest BCUT2D eigenvalue weighted by molar-refractivity contribution is 0.459. The van der Waals surface area contributed by atoms with E-state index in [-0.39, 0.29) is 0 Å². The average molecular weight is 310 g/mol. The molecule has 1 rings (SSSR count). The van der Waals surface area contributed by atoms with Crippen LogP contribution in [-0.2, 0) is 0 Å². The van der Waals surface area contributed by atoms with Gasteiger partial charge in [-0.1, -0.05) is 13.8 Å². The van der Waals surface area contributed by atoms with E-state index >= 15 is 0 Å². The topological polar surface area (TPSA) is 9.72 Å². The second-order valence-corrected chi connectivity index (χ2v) is 13.6. The smallest absolute Gasteiger partial charge is 0.153 e. The molecule has 1 heterocycles. The molecule has 3 nitrogen and oxygen atoms in total. The van der Waals surface area contributed by atoms with Crippen molar-refractivity contribution in [2.75, 3.05) is 53.8 Å². The summed E-state index contributed by atoms with van der Waals surface area (Å²) in [6.07, 6.45) is 0. The zero-order valence-corrected chi connectivity index (χ0v) is 15.6. The molecule has 0 saturated carbocycles. The fourth-order valence-electron chi connectivity index (χ4n) is 2.52. The van der Waals surface area contributed by atoms with Crippen LogP contribution in [0, 0.1) is 5.41 Å². The first kappa shape index (κ1) is 17.1. The molecule has 0 spiro atoms. The van der Waals surface area contributed by atoms with E-state index in [9.17, 15) is 0 Å². The van der Waals surface area contributed by atoms with Crippen molar-refractivity contribution in [3.8, 4) is 0 Å². The normalized spacial score (nSPS) is 22.2. The third-order valence-corrected chi connectivity index (χ3v) is 13.3. The Kier molecular flexibility index (Phi) is 5.87. The van der Waals surface area contributed by atoms with Gasteiger partial charge in [0.1, 0.15) is 0 Å². The lowest BCUT2D eigenvalue weighted by atomic mass is 10.0. The molecule has 108 valence electrons. The van der Waals surface area contributed by atoms with E-state index < -0.39 is 7.71 Å². The Labute approximate surface area is 123 Å². The van der Waals surface area contributed by atoms with Gasteiger partial charge in [-0.05, 0) is 5.41 Å². The minimum absolute atomic E-state index is 0.479. The second-order valence-electron chi connectivity index (χ2n) is 6.25. The van der Waals surface area contributed by atoms with Gasteiger partial charge in [-0.3, -0.25) is 0 Å². The quantitative estimate of drug-likeness (QED) is 0.735. The first-order chi connectivity index (χ1) is 8.14. The van der Waals surface area contributed by atoms with Crippen LogP contribution in [0.1, 0.15) is 13.8 Å². The summed E-state index contributed by atoms with van der Waals surface area (Å²) >= 11 is 4.30. The van der Waals surface area contributed by atoms with E-state index in [1.54, 1.807) is 0 Å². The maximum Gasteiger partial charge on any atom is 0.249 e. The minimum atomic E-state index is -1.42. The van der Waals surface area contributed by atoms with Gasteiger partial charge in [-0.15, -0.1) is 23.5 Å². The summed E-state index contributed by atoms with van der Waals surface area (Å²) in [4.78, 5) is 0. The Bertz CT molecular complexity index is 251. The summed E-state index contributed by atoms with van der Waals surface area (Å²) in [5.74, 6) is 2.53. The van der Waals surface area contributed by atoms with Crippen LogP contribution in [0.3, 0.4) is 0 Å². The maximum atomic E-state index is 2.45. The van der Waals surface area contributed by atoms with E-state index in [0.717, 1.165) is 0 Å². The number of nitrogens with zero attached hydrogens (tertiary/aromatic N) is 3. The highest BCUT2D eigenvalue weighted by Gasteiger charge is 2.57. The summed E-state index contributed by atoms with van der Waals surface area (Å²) in [6, 6.07) is 0. The van der Waals surface area contributed by atoms with E-state index in [0.29, 0.717) is 9.74 Å². The molecule has 1 aliphatic heterocycles. The zero-order valence-electron chi connectivity index (χ0n) is 13.1. The highest BCUT2D eigenvalue weighted by atomic mass is 32.2. The molecular weight excluding hydrogens is 281 g/mol. The summed E-state index contributed by atoms with van der Waals surface area (Å²) < 4.78 is 8.02. The van der Waals surface area contributed by atoms with E-state index in [1.165, 1.54) is 11.5 Å². The van der Waals surface area contributed by atoms with Crippen molar-refractivity contribution in [1.29, 1.82) is 0 Å². The first-order valence-electron chi connectivity index (χ1n) is 6.30. The molecule has 0 aliphatic carbocycles. The van der Waals surface area contributed by atoms with Gasteiger partial charge < -0.3 is 0 Å². The minimum Gasteiger partial charge on any atom is -0.153 e. The van der Waals surface area contributed by atoms with Crippen LogP contribution in [0.2, 0.25) is 0 Å². The van der Waals surface area contributed by atoms with Gasteiger partial charge in [-0.25, -0.2) is 0 Å². The molecule has 0 radical (unpaired) electrons. The van der Waals surface area contributed by atoms with E-state index in [1.807, 2.05) is 0 Å². The van der Waals surface area contributed by atoms with Crippen LogP contribution in [0.15, 0.2) is 0 Å². The molecule has 0 amide bonds. The SMILES string of the molecule is CN(C)[P+](C1SCC(C)(C)CS1)(N(C)C)N(C)C. The molecule has 0 aromatic rings. The standard InChI is InChI=1S/C12H29N3PS2/c1-12(2)9-17-11(18-10-12)16(13(3)4,14(5)6)15(7)8/h11H,9-10H2,1-8H3/q+1. The predicted octanol–water partition coefficient (Wildman–Crippen LogP) is 3.22. The number of thioether (sulfide) groups is 2. The van der Waals surface area contributed by atoms with Crippen molar-refractivity contribution in [1.82, 2.24) is 14.0 Å². The molecule has 1 aliphatic rings. The molecule has 0 unspecified atom stereocenters. The van der Waals surface area contributed by atoms with Gasteiger partial charge in [-0.2, -0.15) is 14.0 Å². The van der Waals surface area contributed by atoms with Crippen LogP contribution in [0.25, 0.3) is 0 Å². The van der Waals surface area contributed by atoms with Gasteiger partial charge in [0.2, 0.25) is 12.0 Å². The molecular formula is C12H29N3PS2+. The van der Waals surface area contributed by atoms with Gasteiger partial charge in [0, 0.05) is 53.8 Å². The molecule has 0 bridgehead atoms. The van der Waals surface area contributed by atoms with Crippen LogP contribution >= 0.6 is 31.2 Å². The molecule has 0 aromatic carbocycles. The summed E-state index contributed by atoms with van der Waals surface area (Å²) in [5, 5.41) is 0. The third kappa shape index (κ3) is 3.18. The van der Waals surface area contributed by atoms with Crippen LogP contribution in [0.4, 0.5) is 0 Å². The Morgan fingerprint density at radius 3 is 1.44 bits per heavy atom. The zero-order chi connectivity index (χ0) is 14.1. The molecule has 6 heteroatoms. The van der Waals surface area contributed by atoms with Crippen LogP contribution in [0.5, 0.6) is 0 Å². The van der Waals surface area contributed by atoms with Crippen molar-refractivity contribution in [2.24, 2.45) is 5.41 Å². The Hall–Kier alpha value is 1.01. The third-order valence-electron chi connectivity index (χ3n) is 3.28. The summed E-state index contributed by atoms with van der Waals surface area (Å²) in [5.41, 5.74) is 0.479. The highest BCUT2D eigenvalue weighted by molar-refractivity contribution is 8.25. The second kappa shape index (κ2) is 6.19.